The van der Waals surface area contributed by atoms with Crippen LogP contribution in [0.15, 0.2) is 18.3 Å². The summed E-state index contributed by atoms with van der Waals surface area (Å²) in [7, 11) is 0. The lowest BCUT2D eigenvalue weighted by Crippen LogP contribution is -2.34. The Morgan fingerprint density at radius 1 is 1.69 bits per heavy atom. The van der Waals surface area contributed by atoms with Crippen molar-refractivity contribution in [3.8, 4) is 6.07 Å². The van der Waals surface area contributed by atoms with Crippen molar-refractivity contribution in [2.75, 3.05) is 5.73 Å². The summed E-state index contributed by atoms with van der Waals surface area (Å²) in [5, 5.41) is 11.3. The number of rotatable bonds is 4. The van der Waals surface area contributed by atoms with E-state index in [4.69, 9.17) is 11.0 Å². The molecule has 1 amide bonds. The Balaban J connectivity index is 2.65. The molecule has 0 bridgehead atoms. The van der Waals surface area contributed by atoms with Gasteiger partial charge in [0.2, 0.25) is 0 Å². The Morgan fingerprint density at radius 2 is 2.44 bits per heavy atom. The molecule has 0 aliphatic rings. The minimum Gasteiger partial charge on any atom is -0.397 e. The van der Waals surface area contributed by atoms with Gasteiger partial charge in [-0.3, -0.25) is 4.79 Å². The molecule has 1 unspecified atom stereocenters. The molecule has 0 saturated carbocycles. The molecule has 5 nitrogen and oxygen atoms in total. The van der Waals surface area contributed by atoms with Gasteiger partial charge in [0.15, 0.2) is 0 Å². The van der Waals surface area contributed by atoms with Gasteiger partial charge in [0.25, 0.3) is 5.91 Å². The third kappa shape index (κ3) is 3.24. The van der Waals surface area contributed by atoms with Gasteiger partial charge in [-0.15, -0.1) is 0 Å². The van der Waals surface area contributed by atoms with E-state index in [1.165, 1.54) is 6.20 Å². The number of hydrogen-bond acceptors (Lipinski definition) is 4. The molecular weight excluding hydrogens is 204 g/mol. The summed E-state index contributed by atoms with van der Waals surface area (Å²) >= 11 is 0. The van der Waals surface area contributed by atoms with E-state index >= 15 is 0 Å². The van der Waals surface area contributed by atoms with Gasteiger partial charge in [-0.05, 0) is 18.6 Å². The Hall–Kier alpha value is -2.09. The third-order valence-electron chi connectivity index (χ3n) is 2.18. The number of anilines is 1. The van der Waals surface area contributed by atoms with Crippen LogP contribution >= 0.6 is 0 Å². The first kappa shape index (κ1) is 12.0. The largest absolute Gasteiger partial charge is 0.397 e. The molecule has 0 fully saturated rings. The first-order valence-corrected chi connectivity index (χ1v) is 5.06. The Bertz CT molecular complexity index is 393. The molecule has 1 aromatic rings. The summed E-state index contributed by atoms with van der Waals surface area (Å²) in [5.41, 5.74) is 6.29. The van der Waals surface area contributed by atoms with Crippen molar-refractivity contribution in [3.63, 3.8) is 0 Å². The van der Waals surface area contributed by atoms with E-state index in [0.29, 0.717) is 24.2 Å². The number of pyridine rings is 1. The van der Waals surface area contributed by atoms with Crippen molar-refractivity contribution < 1.29 is 4.79 Å². The van der Waals surface area contributed by atoms with Gasteiger partial charge in [-0.2, -0.15) is 5.26 Å². The Kier molecular flexibility index (Phi) is 4.28. The van der Waals surface area contributed by atoms with Gasteiger partial charge in [0.05, 0.1) is 24.4 Å². The van der Waals surface area contributed by atoms with Crippen molar-refractivity contribution in [2.24, 2.45) is 0 Å². The van der Waals surface area contributed by atoms with E-state index in [2.05, 4.69) is 10.3 Å². The minimum absolute atomic E-state index is 0.128. The first-order valence-electron chi connectivity index (χ1n) is 5.06. The maximum Gasteiger partial charge on any atom is 0.270 e. The Labute approximate surface area is 94.3 Å². The van der Waals surface area contributed by atoms with Gasteiger partial charge in [-0.1, -0.05) is 6.92 Å². The predicted molar refractivity (Wildman–Crippen MR) is 60.4 cm³/mol. The number of nitrogens with one attached hydrogen (secondary N) is 1. The van der Waals surface area contributed by atoms with Crippen molar-refractivity contribution >= 4 is 11.6 Å². The summed E-state index contributed by atoms with van der Waals surface area (Å²) in [6.07, 6.45) is 2.45. The first-order chi connectivity index (χ1) is 7.67. The van der Waals surface area contributed by atoms with E-state index in [1.807, 2.05) is 13.0 Å². The second-order valence-electron chi connectivity index (χ2n) is 3.42. The van der Waals surface area contributed by atoms with Crippen LogP contribution in [0.4, 0.5) is 5.69 Å². The van der Waals surface area contributed by atoms with E-state index in [0.717, 1.165) is 0 Å². The fourth-order valence-corrected chi connectivity index (χ4v) is 1.21. The average molecular weight is 218 g/mol. The third-order valence-corrected chi connectivity index (χ3v) is 2.18. The summed E-state index contributed by atoms with van der Waals surface area (Å²) < 4.78 is 0. The molecule has 3 N–H and O–H groups in total. The molecule has 5 heteroatoms. The van der Waals surface area contributed by atoms with Gasteiger partial charge in [0.1, 0.15) is 5.69 Å². The number of carbonyl (C=O) groups is 1. The molecule has 0 spiro atoms. The molecule has 1 aromatic heterocycles. The van der Waals surface area contributed by atoms with Crippen LogP contribution in [0.3, 0.4) is 0 Å². The van der Waals surface area contributed by atoms with Gasteiger partial charge < -0.3 is 11.1 Å². The van der Waals surface area contributed by atoms with Crippen LogP contribution in [-0.4, -0.2) is 16.9 Å². The van der Waals surface area contributed by atoms with E-state index in [-0.39, 0.29) is 11.9 Å². The zero-order valence-electron chi connectivity index (χ0n) is 9.10. The SMILES string of the molecule is CCC(CC#N)NC(=O)c1ccc(N)cn1. The number of amides is 1. The summed E-state index contributed by atoms with van der Waals surface area (Å²) in [4.78, 5) is 15.6. The van der Waals surface area contributed by atoms with Crippen molar-refractivity contribution in [3.05, 3.63) is 24.0 Å². The second-order valence-corrected chi connectivity index (χ2v) is 3.42. The topological polar surface area (TPSA) is 91.8 Å². The molecule has 0 aromatic carbocycles. The number of carbonyl (C=O) groups excluding carboxylic acids is 1. The zero-order valence-corrected chi connectivity index (χ0v) is 9.10. The van der Waals surface area contributed by atoms with Crippen molar-refractivity contribution in [1.29, 1.82) is 5.26 Å². The molecule has 0 saturated heterocycles. The minimum atomic E-state index is -0.276. The number of nitrogens with zero attached hydrogens (tertiary/aromatic N) is 2. The van der Waals surface area contributed by atoms with Crippen LogP contribution in [-0.2, 0) is 0 Å². The van der Waals surface area contributed by atoms with Gasteiger partial charge in [0, 0.05) is 6.04 Å². The molecule has 16 heavy (non-hydrogen) atoms. The fourth-order valence-electron chi connectivity index (χ4n) is 1.21. The molecule has 0 aliphatic heterocycles. The Morgan fingerprint density at radius 3 is 2.94 bits per heavy atom. The lowest BCUT2D eigenvalue weighted by molar-refractivity contribution is 0.0931. The smallest absolute Gasteiger partial charge is 0.270 e. The maximum atomic E-state index is 11.7. The predicted octanol–water partition coefficient (Wildman–Crippen LogP) is 1.09. The fraction of sp³-hybridized carbons (Fsp3) is 0.364. The maximum absolute atomic E-state index is 11.7. The van der Waals surface area contributed by atoms with Crippen LogP contribution in [0.5, 0.6) is 0 Å². The van der Waals surface area contributed by atoms with Crippen LogP contribution < -0.4 is 11.1 Å². The lowest BCUT2D eigenvalue weighted by atomic mass is 10.1. The van der Waals surface area contributed by atoms with Crippen LogP contribution in [0, 0.1) is 11.3 Å². The summed E-state index contributed by atoms with van der Waals surface area (Å²) in [6, 6.07) is 5.08. The highest BCUT2D eigenvalue weighted by Gasteiger charge is 2.12. The number of nitriles is 1. The highest BCUT2D eigenvalue weighted by Crippen LogP contribution is 2.03. The standard InChI is InChI=1S/C11H14N4O/c1-2-9(5-6-12)15-11(16)10-4-3-8(13)7-14-10/h3-4,7,9H,2,5,13H2,1H3,(H,15,16). The molecule has 1 heterocycles. The van der Waals surface area contributed by atoms with Crippen LogP contribution in [0.25, 0.3) is 0 Å². The number of aromatic nitrogens is 1. The van der Waals surface area contributed by atoms with E-state index in [9.17, 15) is 4.79 Å². The number of hydrogen-bond donors (Lipinski definition) is 2. The summed E-state index contributed by atoms with van der Waals surface area (Å²) in [6.45, 7) is 1.92. The number of nitrogens with two attached hydrogens (primary N) is 1. The highest BCUT2D eigenvalue weighted by atomic mass is 16.1. The van der Waals surface area contributed by atoms with Gasteiger partial charge >= 0.3 is 0 Å². The molecular formula is C11H14N4O. The normalized spacial score (nSPS) is 11.5. The second kappa shape index (κ2) is 5.71. The van der Waals surface area contributed by atoms with Gasteiger partial charge in [-0.25, -0.2) is 4.98 Å². The van der Waals surface area contributed by atoms with Crippen LogP contribution in [0.1, 0.15) is 30.3 Å². The molecule has 84 valence electrons. The number of nitrogen functional groups attached to an aromatic ring is 1. The van der Waals surface area contributed by atoms with E-state index in [1.54, 1.807) is 12.1 Å². The summed E-state index contributed by atoms with van der Waals surface area (Å²) in [5.74, 6) is -0.276. The lowest BCUT2D eigenvalue weighted by Gasteiger charge is -2.12. The zero-order chi connectivity index (χ0) is 12.0. The van der Waals surface area contributed by atoms with E-state index < -0.39 is 0 Å². The molecule has 0 aliphatic carbocycles. The monoisotopic (exact) mass is 218 g/mol. The highest BCUT2D eigenvalue weighted by molar-refractivity contribution is 5.92. The molecule has 0 radical (unpaired) electrons. The van der Waals surface area contributed by atoms with Crippen molar-refractivity contribution in [1.82, 2.24) is 10.3 Å². The quantitative estimate of drug-likeness (QED) is 0.791. The molecule has 1 rings (SSSR count). The van der Waals surface area contributed by atoms with Crippen LogP contribution in [0.2, 0.25) is 0 Å². The van der Waals surface area contributed by atoms with Crippen molar-refractivity contribution in [2.45, 2.75) is 25.8 Å². The molecule has 1 atom stereocenters. The average Bonchev–Trinajstić information content (AvgIpc) is 2.29.